The molecule has 0 bridgehead atoms. The molecule has 1 aliphatic carbocycles. The van der Waals surface area contributed by atoms with Gasteiger partial charge < -0.3 is 10.1 Å². The van der Waals surface area contributed by atoms with Crippen molar-refractivity contribution in [2.24, 2.45) is 17.8 Å². The fraction of sp³-hybridized carbons (Fsp3) is 1.00. The Labute approximate surface area is 120 Å². The van der Waals surface area contributed by atoms with E-state index in [1.165, 1.54) is 38.5 Å². The van der Waals surface area contributed by atoms with Gasteiger partial charge in [-0.1, -0.05) is 40.5 Å². The monoisotopic (exact) mass is 269 g/mol. The Morgan fingerprint density at radius 3 is 2.53 bits per heavy atom. The van der Waals surface area contributed by atoms with E-state index in [1.807, 2.05) is 0 Å². The number of hydrogen-bond donors (Lipinski definition) is 1. The average Bonchev–Trinajstić information content (AvgIpc) is 2.33. The predicted molar refractivity (Wildman–Crippen MR) is 83.5 cm³/mol. The first kappa shape index (κ1) is 17.0. The summed E-state index contributed by atoms with van der Waals surface area (Å²) in [5, 5.41) is 3.69. The van der Waals surface area contributed by atoms with Crippen molar-refractivity contribution in [2.45, 2.75) is 72.3 Å². The lowest BCUT2D eigenvalue weighted by Crippen LogP contribution is -2.36. The van der Waals surface area contributed by atoms with Crippen molar-refractivity contribution in [2.75, 3.05) is 19.8 Å². The van der Waals surface area contributed by atoms with E-state index in [4.69, 9.17) is 4.74 Å². The molecule has 0 spiro atoms. The molecule has 1 N–H and O–H groups in total. The van der Waals surface area contributed by atoms with Crippen LogP contribution in [-0.2, 0) is 4.74 Å². The van der Waals surface area contributed by atoms with Crippen LogP contribution < -0.4 is 5.32 Å². The summed E-state index contributed by atoms with van der Waals surface area (Å²) in [6, 6.07) is 0.742. The molecule has 2 atom stereocenters. The minimum atomic E-state index is 0.742. The molecule has 1 rings (SSSR count). The summed E-state index contributed by atoms with van der Waals surface area (Å²) < 4.78 is 5.66. The molecule has 2 unspecified atom stereocenters. The minimum absolute atomic E-state index is 0.742. The second-order valence-electron chi connectivity index (χ2n) is 7.11. The van der Waals surface area contributed by atoms with E-state index >= 15 is 0 Å². The second kappa shape index (κ2) is 9.77. The molecule has 0 heterocycles. The van der Waals surface area contributed by atoms with Crippen molar-refractivity contribution in [3.8, 4) is 0 Å². The van der Waals surface area contributed by atoms with Gasteiger partial charge in [0.15, 0.2) is 0 Å². The van der Waals surface area contributed by atoms with Crippen molar-refractivity contribution < 1.29 is 4.74 Å². The molecule has 114 valence electrons. The van der Waals surface area contributed by atoms with Crippen LogP contribution in [0.3, 0.4) is 0 Å². The van der Waals surface area contributed by atoms with Crippen LogP contribution in [0.5, 0.6) is 0 Å². The Hall–Kier alpha value is -0.0800. The van der Waals surface area contributed by atoms with Gasteiger partial charge in [0.05, 0.1) is 6.61 Å². The summed E-state index contributed by atoms with van der Waals surface area (Å²) in [5.41, 5.74) is 0. The first-order valence-corrected chi connectivity index (χ1v) is 8.39. The first-order chi connectivity index (χ1) is 9.08. The Balaban J connectivity index is 2.02. The van der Waals surface area contributed by atoms with E-state index in [0.29, 0.717) is 0 Å². The Morgan fingerprint density at radius 1 is 1.05 bits per heavy atom. The molecule has 1 aliphatic rings. The quantitative estimate of drug-likeness (QED) is 0.632. The summed E-state index contributed by atoms with van der Waals surface area (Å²) >= 11 is 0. The Kier molecular flexibility index (Phi) is 8.72. The van der Waals surface area contributed by atoms with E-state index in [-0.39, 0.29) is 0 Å². The van der Waals surface area contributed by atoms with E-state index in [0.717, 1.165) is 43.6 Å². The molecule has 0 aromatic carbocycles. The average molecular weight is 269 g/mol. The van der Waals surface area contributed by atoms with Gasteiger partial charge >= 0.3 is 0 Å². The van der Waals surface area contributed by atoms with Crippen molar-refractivity contribution in [3.05, 3.63) is 0 Å². The van der Waals surface area contributed by atoms with Gasteiger partial charge in [0, 0.05) is 19.2 Å². The molecule has 0 saturated heterocycles. The zero-order valence-corrected chi connectivity index (χ0v) is 13.6. The van der Waals surface area contributed by atoms with Crippen molar-refractivity contribution >= 4 is 0 Å². The van der Waals surface area contributed by atoms with Gasteiger partial charge in [-0.15, -0.1) is 0 Å². The molecular formula is C17H35NO. The standard InChI is InChI=1S/C17H35NO/c1-14(2)8-10-19-11-9-18-17-7-5-6-16(13-17)12-15(3)4/h14-18H,5-13H2,1-4H3. The normalized spacial score (nSPS) is 24.3. The fourth-order valence-corrected chi connectivity index (χ4v) is 3.11. The van der Waals surface area contributed by atoms with E-state index in [9.17, 15) is 0 Å². The molecule has 2 heteroatoms. The molecule has 19 heavy (non-hydrogen) atoms. The molecule has 0 aromatic rings. The van der Waals surface area contributed by atoms with E-state index in [1.54, 1.807) is 0 Å². The van der Waals surface area contributed by atoms with Gasteiger partial charge in [0.2, 0.25) is 0 Å². The highest BCUT2D eigenvalue weighted by molar-refractivity contribution is 4.78. The van der Waals surface area contributed by atoms with E-state index in [2.05, 4.69) is 33.0 Å². The number of rotatable bonds is 9. The van der Waals surface area contributed by atoms with Gasteiger partial charge in [0.25, 0.3) is 0 Å². The first-order valence-electron chi connectivity index (χ1n) is 8.39. The van der Waals surface area contributed by atoms with Crippen LogP contribution in [0, 0.1) is 17.8 Å². The SMILES string of the molecule is CC(C)CCOCCNC1CCCC(CC(C)C)C1. The zero-order valence-electron chi connectivity index (χ0n) is 13.6. The van der Waals surface area contributed by atoms with E-state index < -0.39 is 0 Å². The highest BCUT2D eigenvalue weighted by Crippen LogP contribution is 2.29. The highest BCUT2D eigenvalue weighted by Gasteiger charge is 2.21. The molecule has 1 saturated carbocycles. The van der Waals surface area contributed by atoms with Crippen LogP contribution in [0.4, 0.5) is 0 Å². The number of hydrogen-bond acceptors (Lipinski definition) is 2. The molecule has 0 aromatic heterocycles. The largest absolute Gasteiger partial charge is 0.380 e. The molecule has 0 radical (unpaired) electrons. The van der Waals surface area contributed by atoms with Crippen LogP contribution >= 0.6 is 0 Å². The Bertz CT molecular complexity index is 215. The van der Waals surface area contributed by atoms with Crippen LogP contribution in [0.1, 0.15) is 66.2 Å². The maximum atomic E-state index is 5.66. The van der Waals surface area contributed by atoms with Crippen LogP contribution in [0.2, 0.25) is 0 Å². The molecule has 0 amide bonds. The third-order valence-corrected chi connectivity index (χ3v) is 4.11. The van der Waals surface area contributed by atoms with Gasteiger partial charge in [-0.05, 0) is 43.4 Å². The van der Waals surface area contributed by atoms with Crippen molar-refractivity contribution in [1.82, 2.24) is 5.32 Å². The lowest BCUT2D eigenvalue weighted by molar-refractivity contribution is 0.120. The summed E-state index contributed by atoms with van der Waals surface area (Å²) in [4.78, 5) is 0. The zero-order chi connectivity index (χ0) is 14.1. The van der Waals surface area contributed by atoms with Crippen LogP contribution in [-0.4, -0.2) is 25.8 Å². The maximum Gasteiger partial charge on any atom is 0.0591 e. The van der Waals surface area contributed by atoms with Crippen LogP contribution in [0.15, 0.2) is 0 Å². The molecular weight excluding hydrogens is 234 g/mol. The number of ether oxygens (including phenoxy) is 1. The minimum Gasteiger partial charge on any atom is -0.380 e. The topological polar surface area (TPSA) is 21.3 Å². The van der Waals surface area contributed by atoms with Gasteiger partial charge in [0.1, 0.15) is 0 Å². The summed E-state index contributed by atoms with van der Waals surface area (Å²) in [6.45, 7) is 12.0. The summed E-state index contributed by atoms with van der Waals surface area (Å²) in [7, 11) is 0. The lowest BCUT2D eigenvalue weighted by atomic mass is 9.81. The number of nitrogens with one attached hydrogen (secondary N) is 1. The summed E-state index contributed by atoms with van der Waals surface area (Å²) in [5.74, 6) is 2.55. The second-order valence-corrected chi connectivity index (χ2v) is 7.11. The predicted octanol–water partition coefficient (Wildman–Crippen LogP) is 4.24. The molecule has 2 nitrogen and oxygen atoms in total. The molecule has 1 fully saturated rings. The third kappa shape index (κ3) is 8.65. The third-order valence-electron chi connectivity index (χ3n) is 4.11. The smallest absolute Gasteiger partial charge is 0.0591 e. The maximum absolute atomic E-state index is 5.66. The highest BCUT2D eigenvalue weighted by atomic mass is 16.5. The van der Waals surface area contributed by atoms with Crippen molar-refractivity contribution in [3.63, 3.8) is 0 Å². The molecule has 0 aliphatic heterocycles. The summed E-state index contributed by atoms with van der Waals surface area (Å²) in [6.07, 6.45) is 8.18. The fourth-order valence-electron chi connectivity index (χ4n) is 3.11. The van der Waals surface area contributed by atoms with Crippen molar-refractivity contribution in [1.29, 1.82) is 0 Å². The van der Waals surface area contributed by atoms with Gasteiger partial charge in [-0.2, -0.15) is 0 Å². The van der Waals surface area contributed by atoms with Crippen LogP contribution in [0.25, 0.3) is 0 Å². The van der Waals surface area contributed by atoms with Gasteiger partial charge in [-0.3, -0.25) is 0 Å². The lowest BCUT2D eigenvalue weighted by Gasteiger charge is -2.30. The van der Waals surface area contributed by atoms with Gasteiger partial charge in [-0.25, -0.2) is 0 Å². The Morgan fingerprint density at radius 2 is 1.84 bits per heavy atom.